The Kier molecular flexibility index (Phi) is 4.49. The first-order chi connectivity index (χ1) is 10.9. The third kappa shape index (κ3) is 2.91. The summed E-state index contributed by atoms with van der Waals surface area (Å²) in [6, 6.07) is 7.39. The van der Waals surface area contributed by atoms with Crippen LogP contribution in [0.3, 0.4) is 0 Å². The van der Waals surface area contributed by atoms with Crippen molar-refractivity contribution >= 4 is 21.4 Å². The highest BCUT2D eigenvalue weighted by Gasteiger charge is 2.37. The quantitative estimate of drug-likeness (QED) is 0.839. The third-order valence-corrected chi connectivity index (χ3v) is 7.18. The van der Waals surface area contributed by atoms with Crippen LogP contribution in [-0.2, 0) is 10.0 Å². The minimum Gasteiger partial charge on any atom is -0.496 e. The van der Waals surface area contributed by atoms with Crippen molar-refractivity contribution in [3.8, 4) is 5.75 Å². The van der Waals surface area contributed by atoms with E-state index in [4.69, 9.17) is 4.74 Å². The molecule has 1 fully saturated rings. The van der Waals surface area contributed by atoms with Crippen molar-refractivity contribution in [2.45, 2.75) is 37.6 Å². The number of thiophene rings is 1. The van der Waals surface area contributed by atoms with Gasteiger partial charge in [0.1, 0.15) is 5.75 Å². The van der Waals surface area contributed by atoms with Gasteiger partial charge in [0.05, 0.1) is 18.0 Å². The average Bonchev–Trinajstić information content (AvgIpc) is 3.17. The molecule has 1 aromatic heterocycles. The summed E-state index contributed by atoms with van der Waals surface area (Å²) in [6.07, 6.45) is 1.78. The van der Waals surface area contributed by atoms with E-state index in [0.29, 0.717) is 11.4 Å². The number of ether oxygens (including phenoxy) is 1. The summed E-state index contributed by atoms with van der Waals surface area (Å²) in [5.41, 5.74) is 1.69. The lowest BCUT2D eigenvalue weighted by atomic mass is 10.1. The van der Waals surface area contributed by atoms with Crippen molar-refractivity contribution in [1.82, 2.24) is 4.31 Å². The van der Waals surface area contributed by atoms with Gasteiger partial charge in [-0.2, -0.15) is 4.31 Å². The van der Waals surface area contributed by atoms with Gasteiger partial charge >= 0.3 is 0 Å². The zero-order valence-corrected chi connectivity index (χ0v) is 15.2. The van der Waals surface area contributed by atoms with Gasteiger partial charge in [0.2, 0.25) is 10.0 Å². The van der Waals surface area contributed by atoms with E-state index in [2.05, 4.69) is 0 Å². The number of rotatable bonds is 4. The van der Waals surface area contributed by atoms with Crippen LogP contribution in [0.1, 0.15) is 34.9 Å². The summed E-state index contributed by atoms with van der Waals surface area (Å²) in [7, 11) is -1.89. The fourth-order valence-electron chi connectivity index (χ4n) is 3.31. The highest BCUT2D eigenvalue weighted by atomic mass is 32.2. The molecular formula is C17H21NO3S2. The minimum atomic E-state index is -3.50. The van der Waals surface area contributed by atoms with Gasteiger partial charge in [-0.1, -0.05) is 6.07 Å². The van der Waals surface area contributed by atoms with Crippen molar-refractivity contribution in [3.05, 3.63) is 45.6 Å². The van der Waals surface area contributed by atoms with Crippen LogP contribution in [0.15, 0.2) is 34.5 Å². The Bertz CT molecular complexity index is 774. The first-order valence-corrected chi connectivity index (χ1v) is 9.97. The zero-order valence-electron chi connectivity index (χ0n) is 13.6. The van der Waals surface area contributed by atoms with Crippen LogP contribution in [0.2, 0.25) is 0 Å². The van der Waals surface area contributed by atoms with Crippen molar-refractivity contribution in [2.75, 3.05) is 13.7 Å². The topological polar surface area (TPSA) is 46.6 Å². The maximum Gasteiger partial charge on any atom is 0.243 e. The van der Waals surface area contributed by atoms with E-state index < -0.39 is 10.0 Å². The van der Waals surface area contributed by atoms with Gasteiger partial charge in [-0.3, -0.25) is 0 Å². The zero-order chi connectivity index (χ0) is 16.6. The molecule has 4 nitrogen and oxygen atoms in total. The van der Waals surface area contributed by atoms with E-state index >= 15 is 0 Å². The first-order valence-electron chi connectivity index (χ1n) is 7.65. The van der Waals surface area contributed by atoms with Crippen molar-refractivity contribution < 1.29 is 13.2 Å². The molecule has 0 N–H and O–H groups in total. The summed E-state index contributed by atoms with van der Waals surface area (Å²) in [5.74, 6) is 0.750. The molecule has 1 aliphatic rings. The van der Waals surface area contributed by atoms with E-state index in [9.17, 15) is 8.42 Å². The van der Waals surface area contributed by atoms with Crippen molar-refractivity contribution in [2.24, 2.45) is 0 Å². The van der Waals surface area contributed by atoms with Gasteiger partial charge in [-0.25, -0.2) is 8.42 Å². The lowest BCUT2D eigenvalue weighted by molar-refractivity contribution is 0.399. The standard InChI is InChI=1S/C17H21NO3S2/c1-12-10-14(11-13(2)17(12)21-3)23(19,20)18-8-4-6-15(18)16-7-5-9-22-16/h5,7,9-11,15H,4,6,8H2,1-3H3. The number of methoxy groups -OCH3 is 1. The normalized spacial score (nSPS) is 19.2. The number of sulfonamides is 1. The molecule has 6 heteroatoms. The number of hydrogen-bond donors (Lipinski definition) is 0. The van der Waals surface area contributed by atoms with E-state index in [1.165, 1.54) is 0 Å². The van der Waals surface area contributed by atoms with Gasteiger partial charge in [-0.05, 0) is 61.4 Å². The second-order valence-electron chi connectivity index (χ2n) is 5.88. The predicted molar refractivity (Wildman–Crippen MR) is 92.7 cm³/mol. The molecule has 0 bridgehead atoms. The molecule has 1 atom stereocenters. The maximum absolute atomic E-state index is 13.1. The molecule has 0 amide bonds. The Morgan fingerprint density at radius 2 is 1.96 bits per heavy atom. The highest BCUT2D eigenvalue weighted by molar-refractivity contribution is 7.89. The Labute approximate surface area is 141 Å². The fraction of sp³-hybridized carbons (Fsp3) is 0.412. The van der Waals surface area contributed by atoms with Crippen LogP contribution in [0, 0.1) is 13.8 Å². The van der Waals surface area contributed by atoms with E-state index in [1.807, 2.05) is 31.4 Å². The lowest BCUT2D eigenvalue weighted by Gasteiger charge is -2.24. The van der Waals surface area contributed by atoms with E-state index in [-0.39, 0.29) is 6.04 Å². The Morgan fingerprint density at radius 3 is 2.52 bits per heavy atom. The summed E-state index contributed by atoms with van der Waals surface area (Å²) in [4.78, 5) is 1.48. The lowest BCUT2D eigenvalue weighted by Crippen LogP contribution is -2.30. The molecule has 0 spiro atoms. The Hall–Kier alpha value is -1.37. The monoisotopic (exact) mass is 351 g/mol. The van der Waals surface area contributed by atoms with Crippen LogP contribution in [0.25, 0.3) is 0 Å². The van der Waals surface area contributed by atoms with E-state index in [0.717, 1.165) is 34.6 Å². The van der Waals surface area contributed by atoms with Gasteiger partial charge in [0.15, 0.2) is 0 Å². The summed E-state index contributed by atoms with van der Waals surface area (Å²) in [6.45, 7) is 4.34. The largest absolute Gasteiger partial charge is 0.496 e. The van der Waals surface area contributed by atoms with Gasteiger partial charge in [-0.15, -0.1) is 11.3 Å². The molecule has 1 aromatic carbocycles. The molecule has 3 rings (SSSR count). The molecule has 0 saturated carbocycles. The van der Waals surface area contributed by atoms with Crippen LogP contribution in [0.4, 0.5) is 0 Å². The molecule has 23 heavy (non-hydrogen) atoms. The molecule has 1 aliphatic heterocycles. The van der Waals surface area contributed by atoms with Gasteiger partial charge < -0.3 is 4.74 Å². The van der Waals surface area contributed by atoms with Gasteiger partial charge in [0, 0.05) is 11.4 Å². The molecule has 1 unspecified atom stereocenters. The third-order valence-electron chi connectivity index (χ3n) is 4.32. The minimum absolute atomic E-state index is 0.0392. The van der Waals surface area contributed by atoms with Crippen molar-refractivity contribution in [1.29, 1.82) is 0 Å². The highest BCUT2D eigenvalue weighted by Crippen LogP contribution is 2.39. The Morgan fingerprint density at radius 1 is 1.26 bits per heavy atom. The molecule has 0 radical (unpaired) electrons. The second kappa shape index (κ2) is 6.26. The summed E-state index contributed by atoms with van der Waals surface area (Å²) >= 11 is 1.62. The Balaban J connectivity index is 2.01. The van der Waals surface area contributed by atoms with E-state index in [1.54, 1.807) is 34.9 Å². The smallest absolute Gasteiger partial charge is 0.243 e. The maximum atomic E-state index is 13.1. The molecule has 2 aromatic rings. The first kappa shape index (κ1) is 16.5. The van der Waals surface area contributed by atoms with Crippen LogP contribution >= 0.6 is 11.3 Å². The molecular weight excluding hydrogens is 330 g/mol. The summed E-state index contributed by atoms with van der Waals surface area (Å²) < 4.78 is 33.3. The number of hydrogen-bond acceptors (Lipinski definition) is 4. The average molecular weight is 351 g/mol. The number of aryl methyl sites for hydroxylation is 2. The van der Waals surface area contributed by atoms with Crippen LogP contribution in [0.5, 0.6) is 5.75 Å². The number of benzene rings is 1. The summed E-state index contributed by atoms with van der Waals surface area (Å²) in [5, 5.41) is 2.00. The van der Waals surface area contributed by atoms with Crippen LogP contribution < -0.4 is 4.74 Å². The van der Waals surface area contributed by atoms with Crippen LogP contribution in [-0.4, -0.2) is 26.4 Å². The van der Waals surface area contributed by atoms with Crippen molar-refractivity contribution in [3.63, 3.8) is 0 Å². The molecule has 0 aliphatic carbocycles. The molecule has 124 valence electrons. The number of nitrogens with zero attached hydrogens (tertiary/aromatic N) is 1. The SMILES string of the molecule is COc1c(C)cc(S(=O)(=O)N2CCCC2c2cccs2)cc1C. The molecule has 1 saturated heterocycles. The fourth-order valence-corrected chi connectivity index (χ4v) is 6.10. The second-order valence-corrected chi connectivity index (χ2v) is 8.75. The molecule has 2 heterocycles. The van der Waals surface area contributed by atoms with Gasteiger partial charge in [0.25, 0.3) is 0 Å². The predicted octanol–water partition coefficient (Wildman–Crippen LogP) is 3.90.